The molecule has 8 heteroatoms. The Morgan fingerprint density at radius 2 is 1.33 bits per heavy atom. The molecule has 0 amide bonds. The van der Waals surface area contributed by atoms with Gasteiger partial charge in [0, 0.05) is 19.3 Å². The molecule has 0 aromatic carbocycles. The zero-order valence-electron chi connectivity index (χ0n) is 29.6. The Bertz CT molecular complexity index is 673. The molecular formula is C35H72O6Si2. The van der Waals surface area contributed by atoms with E-state index >= 15 is 0 Å². The van der Waals surface area contributed by atoms with Gasteiger partial charge in [-0.3, -0.25) is 0 Å². The van der Waals surface area contributed by atoms with Crippen molar-refractivity contribution in [1.82, 2.24) is 0 Å². The Hall–Kier alpha value is -0.516. The molecule has 43 heavy (non-hydrogen) atoms. The fraction of sp³-hybridized carbons (Fsp3) is 0.914. The first kappa shape index (κ1) is 42.5. The van der Waals surface area contributed by atoms with E-state index in [1.807, 2.05) is 0 Å². The van der Waals surface area contributed by atoms with Crippen LogP contribution in [0.3, 0.4) is 0 Å². The fourth-order valence-electron chi connectivity index (χ4n) is 5.97. The second-order valence-electron chi connectivity index (χ2n) is 13.6. The van der Waals surface area contributed by atoms with Crippen LogP contribution in [-0.4, -0.2) is 59.0 Å². The number of esters is 1. The van der Waals surface area contributed by atoms with E-state index in [-0.39, 0.29) is 5.73 Å². The van der Waals surface area contributed by atoms with Gasteiger partial charge in [-0.25, -0.2) is 4.79 Å². The van der Waals surface area contributed by atoms with E-state index in [1.165, 1.54) is 96.0 Å². The van der Waals surface area contributed by atoms with Crippen LogP contribution in [0.25, 0.3) is 0 Å². The minimum absolute atomic E-state index is 0.0380. The molecule has 0 aliphatic rings. The quantitative estimate of drug-likeness (QED) is 0.0266. The maximum absolute atomic E-state index is 11.6. The molecule has 0 saturated heterocycles. The van der Waals surface area contributed by atoms with Gasteiger partial charge in [0.2, 0.25) is 14.6 Å². The predicted octanol–water partition coefficient (Wildman–Crippen LogP) is 10.2. The van der Waals surface area contributed by atoms with E-state index in [4.69, 9.17) is 23.4 Å². The molecule has 0 aliphatic heterocycles. The van der Waals surface area contributed by atoms with Gasteiger partial charge < -0.3 is 23.4 Å². The number of aliphatic hydroxyl groups excluding tert-OH is 1. The summed E-state index contributed by atoms with van der Waals surface area (Å²) >= 11 is 0. The van der Waals surface area contributed by atoms with Crippen LogP contribution in [0.15, 0.2) is 12.7 Å². The van der Waals surface area contributed by atoms with Gasteiger partial charge in [-0.2, -0.15) is 0 Å². The van der Waals surface area contributed by atoms with Crippen LogP contribution in [0, 0.1) is 0 Å². The minimum atomic E-state index is -2.17. The number of hydrogen-bond acceptors (Lipinski definition) is 6. The average molecular weight is 645 g/mol. The number of hydrogen-bond donors (Lipinski definition) is 1. The zero-order chi connectivity index (χ0) is 32.4. The summed E-state index contributed by atoms with van der Waals surface area (Å²) in [5.41, 5.74) is -0.0380. The molecule has 0 saturated carbocycles. The smallest absolute Gasteiger partial charge is 0.332 e. The van der Waals surface area contributed by atoms with E-state index in [0.29, 0.717) is 12.7 Å². The molecular weight excluding hydrogens is 573 g/mol. The molecule has 1 N–H and O–H groups in total. The van der Waals surface area contributed by atoms with Gasteiger partial charge in [0.05, 0.1) is 11.8 Å². The molecule has 3 atom stereocenters. The highest BCUT2D eigenvalue weighted by molar-refractivity contribution is 6.85. The summed E-state index contributed by atoms with van der Waals surface area (Å²) in [4.78, 5) is 11.6. The van der Waals surface area contributed by atoms with Crippen molar-refractivity contribution in [2.24, 2.45) is 0 Å². The summed E-state index contributed by atoms with van der Waals surface area (Å²) < 4.78 is 24.7. The third kappa shape index (κ3) is 24.4. The van der Waals surface area contributed by atoms with Crippen molar-refractivity contribution >= 4 is 22.6 Å². The molecule has 0 bridgehead atoms. The standard InChI is InChI=1S/C35H72O6Si2/c1-9-12-25-30-38-33(27-23-21-19-17-15-13-14-16-18-20-22-24-29-36)28-26-31-42(5,6)41-43(7,8)35(11-3)40-32(4)39-34(37)10-2/h10,32-33,35-36H,2,9,11-31H2,1,3-8H3. The lowest BCUT2D eigenvalue weighted by Crippen LogP contribution is -2.54. The van der Waals surface area contributed by atoms with Crippen molar-refractivity contribution in [3.63, 3.8) is 0 Å². The molecule has 0 rings (SSSR count). The molecule has 0 aromatic heterocycles. The van der Waals surface area contributed by atoms with Gasteiger partial charge >= 0.3 is 5.97 Å². The molecule has 256 valence electrons. The topological polar surface area (TPSA) is 74.2 Å². The molecule has 0 aromatic rings. The summed E-state index contributed by atoms with van der Waals surface area (Å²) in [6, 6.07) is 1.12. The maximum Gasteiger partial charge on any atom is 0.332 e. The van der Waals surface area contributed by atoms with Gasteiger partial charge in [0.1, 0.15) is 0 Å². The molecule has 0 aliphatic carbocycles. The van der Waals surface area contributed by atoms with Gasteiger partial charge in [-0.15, -0.1) is 0 Å². The van der Waals surface area contributed by atoms with Gasteiger partial charge in [0.25, 0.3) is 0 Å². The van der Waals surface area contributed by atoms with Gasteiger partial charge in [-0.1, -0.05) is 110 Å². The van der Waals surface area contributed by atoms with Crippen molar-refractivity contribution in [2.45, 2.75) is 193 Å². The van der Waals surface area contributed by atoms with Gasteiger partial charge in [-0.05, 0) is 71.3 Å². The fourth-order valence-corrected chi connectivity index (χ4v) is 15.2. The Kier molecular flexibility index (Phi) is 26.4. The number of rotatable bonds is 31. The number of ether oxygens (including phenoxy) is 3. The van der Waals surface area contributed by atoms with Crippen molar-refractivity contribution in [3.8, 4) is 0 Å². The number of carbonyl (C=O) groups is 1. The van der Waals surface area contributed by atoms with Crippen molar-refractivity contribution < 1.29 is 28.2 Å². The van der Waals surface area contributed by atoms with E-state index in [2.05, 4.69) is 46.6 Å². The highest BCUT2D eigenvalue weighted by Gasteiger charge is 2.40. The van der Waals surface area contributed by atoms with Crippen LogP contribution in [-0.2, 0) is 23.1 Å². The maximum atomic E-state index is 11.6. The first-order valence-corrected chi connectivity index (χ1v) is 24.0. The van der Waals surface area contributed by atoms with E-state index < -0.39 is 28.9 Å². The summed E-state index contributed by atoms with van der Waals surface area (Å²) in [7, 11) is -4.07. The van der Waals surface area contributed by atoms with Crippen molar-refractivity contribution in [1.29, 1.82) is 0 Å². The van der Waals surface area contributed by atoms with Crippen LogP contribution >= 0.6 is 0 Å². The second kappa shape index (κ2) is 26.7. The lowest BCUT2D eigenvalue weighted by Gasteiger charge is -2.39. The normalized spacial score (nSPS) is 14.4. The molecule has 6 nitrogen and oxygen atoms in total. The van der Waals surface area contributed by atoms with E-state index in [9.17, 15) is 4.79 Å². The second-order valence-corrected chi connectivity index (χ2v) is 22.2. The Morgan fingerprint density at radius 3 is 1.84 bits per heavy atom. The highest BCUT2D eigenvalue weighted by atomic mass is 28.4. The SMILES string of the molecule is C=CC(=O)OC(C)OC(CC)[Si](C)(C)O[Si](C)(C)CCCC(CCCCCCCCCCCCCCO)OCCCCC. The third-order valence-electron chi connectivity index (χ3n) is 8.33. The van der Waals surface area contributed by atoms with Crippen LogP contribution in [0.1, 0.15) is 143 Å². The molecule has 0 radical (unpaired) electrons. The molecule has 0 heterocycles. The lowest BCUT2D eigenvalue weighted by atomic mass is 10.0. The van der Waals surface area contributed by atoms with Crippen molar-refractivity contribution in [2.75, 3.05) is 13.2 Å². The monoisotopic (exact) mass is 644 g/mol. The largest absolute Gasteiger partial charge is 0.454 e. The lowest BCUT2D eigenvalue weighted by molar-refractivity contribution is -0.173. The van der Waals surface area contributed by atoms with Crippen LogP contribution in [0.4, 0.5) is 0 Å². The number of carbonyl (C=O) groups excluding carboxylic acids is 1. The first-order chi connectivity index (χ1) is 20.5. The molecule has 3 unspecified atom stereocenters. The molecule has 0 fully saturated rings. The average Bonchev–Trinajstić information content (AvgIpc) is 2.95. The Labute approximate surface area is 269 Å². The van der Waals surface area contributed by atoms with Crippen LogP contribution in [0.2, 0.25) is 32.2 Å². The summed E-state index contributed by atoms with van der Waals surface area (Å²) in [5, 5.41) is 8.86. The van der Waals surface area contributed by atoms with Gasteiger partial charge in [0.15, 0.2) is 8.32 Å². The first-order valence-electron chi connectivity index (χ1n) is 17.9. The summed E-state index contributed by atoms with van der Waals surface area (Å²) in [6.07, 6.45) is 24.3. The molecule has 0 spiro atoms. The number of unbranched alkanes of at least 4 members (excludes halogenated alkanes) is 13. The summed E-state index contributed by atoms with van der Waals surface area (Å²) in [6.45, 7) is 20.0. The minimum Gasteiger partial charge on any atom is -0.454 e. The third-order valence-corrected chi connectivity index (χ3v) is 16.3. The summed E-state index contributed by atoms with van der Waals surface area (Å²) in [5.74, 6) is -0.461. The van der Waals surface area contributed by atoms with Crippen LogP contribution in [0.5, 0.6) is 0 Å². The van der Waals surface area contributed by atoms with E-state index in [0.717, 1.165) is 44.8 Å². The zero-order valence-corrected chi connectivity index (χ0v) is 31.6. The Balaban J connectivity index is 4.51. The number of aliphatic hydroxyl groups is 1. The van der Waals surface area contributed by atoms with Crippen molar-refractivity contribution in [3.05, 3.63) is 12.7 Å². The predicted molar refractivity (Wildman–Crippen MR) is 187 cm³/mol. The highest BCUT2D eigenvalue weighted by Crippen LogP contribution is 2.27. The van der Waals surface area contributed by atoms with Crippen LogP contribution < -0.4 is 0 Å². The Morgan fingerprint density at radius 1 is 0.791 bits per heavy atom. The van der Waals surface area contributed by atoms with E-state index in [1.54, 1.807) is 6.92 Å².